The summed E-state index contributed by atoms with van der Waals surface area (Å²) < 4.78 is 19.5. The van der Waals surface area contributed by atoms with Gasteiger partial charge >= 0.3 is 5.97 Å². The van der Waals surface area contributed by atoms with Gasteiger partial charge in [-0.15, -0.1) is 34.0 Å². The number of Topliss-reactive ketones (excluding diaryl/α,β-unsaturated/α-hetero) is 3. The van der Waals surface area contributed by atoms with Crippen molar-refractivity contribution in [3.8, 4) is 0 Å². The Balaban J connectivity index is 0.000000368. The third-order valence-electron chi connectivity index (χ3n) is 24.6. The van der Waals surface area contributed by atoms with E-state index in [4.69, 9.17) is 13.6 Å². The smallest absolute Gasteiger partial charge is 0.309 e. The van der Waals surface area contributed by atoms with Gasteiger partial charge in [-0.05, 0) is 172 Å². The second-order valence-corrected chi connectivity index (χ2v) is 50.7. The van der Waals surface area contributed by atoms with E-state index < -0.39 is 93.2 Å². The summed E-state index contributed by atoms with van der Waals surface area (Å²) in [5.74, 6) is -3.62. The lowest BCUT2D eigenvalue weighted by Gasteiger charge is -2.44. The highest BCUT2D eigenvalue weighted by Crippen LogP contribution is 2.44. The zero-order chi connectivity index (χ0) is 88.3. The molecule has 3 aromatic heterocycles. The molecule has 15 atom stereocenters. The standard InChI is InChI=1S/2C33H54N2O4SSi.C27H39NO5S/c1-21-14-13-15-22(2)30(37)24(4)31(38)33(9,10)28(39-41(11,12)32(6,7)8)19-29(36)35-27(17-16-21)23(3)18-26-20-40-25(5)34-26;1-21-14-13-15-22(2)30(39-41(11,12)32(6,7)8)24(4)31(38)33(9,10)28(36)19-29(37)35-27(17-16-21)23(3)18-26-20-40-25(5)34-26;1-16-9-8-10-17(2)25(31)19(4)26(32)27(6,7)23(29)14-24(30)33-22(12-11-16)18(3)13-21-15-34-20(5)28-21/h13,15-16,18,20,22,24,27-28,30,37H,14,17,19H2,1-12H3,(H,35,36);13,15-16,18,20,22,24,27-28,30,36H,14,17,19H2,1-12H3,(H,35,37);8,10-11,13,15,17,19,22-23,25,29,31H,9,12,14H2,1-7H3/b2*15-13-,21-16-,23-18+;10-8-,16-11-,18-13+/t2*22-,24+,27-,28-,30-;17-,19+,22-,23-,25-/m000/s1. The molecule has 0 aliphatic carbocycles. The molecule has 0 radical (unpaired) electrons. The summed E-state index contributed by atoms with van der Waals surface area (Å²) in [6.07, 6.45) is 22.7. The molecule has 6 heterocycles. The van der Waals surface area contributed by atoms with E-state index in [1.54, 1.807) is 75.6 Å². The van der Waals surface area contributed by atoms with Crippen molar-refractivity contribution < 1.29 is 62.8 Å². The topological polar surface area (TPSA) is 274 Å². The van der Waals surface area contributed by atoms with Crippen LogP contribution in [0.5, 0.6) is 0 Å². The fraction of sp³-hybridized carbons (Fsp3) is 0.645. The molecule has 0 spiro atoms. The number of aromatic nitrogens is 3. The molecule has 18 nitrogen and oxygen atoms in total. The number of ketones is 3. The first-order valence-electron chi connectivity index (χ1n) is 41.6. The van der Waals surface area contributed by atoms with E-state index in [-0.39, 0.29) is 94.4 Å². The molecule has 6 rings (SSSR count). The number of cyclic esters (lactones) is 1. The molecule has 0 unspecified atom stereocenters. The van der Waals surface area contributed by atoms with Crippen molar-refractivity contribution in [2.45, 2.75) is 336 Å². The van der Waals surface area contributed by atoms with Gasteiger partial charge in [0, 0.05) is 57.6 Å². The van der Waals surface area contributed by atoms with Gasteiger partial charge in [-0.25, -0.2) is 15.0 Å². The average molecular weight is 1700 g/mol. The van der Waals surface area contributed by atoms with Gasteiger partial charge in [0.05, 0.1) is 111 Å². The van der Waals surface area contributed by atoms with Gasteiger partial charge in [-0.1, -0.05) is 196 Å². The molecule has 6 N–H and O–H groups in total. The normalized spacial score (nSPS) is 30.7. The van der Waals surface area contributed by atoms with Crippen LogP contribution in [0.2, 0.25) is 36.3 Å². The van der Waals surface area contributed by atoms with Crippen LogP contribution in [0.1, 0.15) is 256 Å². The first kappa shape index (κ1) is 103. The molecule has 0 saturated heterocycles. The van der Waals surface area contributed by atoms with Crippen molar-refractivity contribution in [2.75, 3.05) is 0 Å². The SMILES string of the molecule is C/C1=C/C[C@@H](/C(C)=C/c2csc(C)n2)NC(=O)C[C@H](O)C(C)(C)C(=O)[C@H](C)[C@@H](O[Si](C)(C)C(C)(C)C)[C@@H](C)/C=C\C1.C/C1=C/C[C@@H](/C(C)=C/c2csc(C)n2)NC(=O)C[C@H](O[Si](C)(C)C(C)(C)C)C(C)(C)C(=O)[C@H](C)[C@@H](O)[C@@H](C)/C=C\C1.C/C1=C/C[C@@H](/C(C)=C/c2csc(C)n2)OC(=O)C[C@H](O)C(C)(C)C(=O)[C@H](C)[C@@H](O)[C@@H](C)/C=C\C1. The summed E-state index contributed by atoms with van der Waals surface area (Å²) in [4.78, 5) is 94.5. The van der Waals surface area contributed by atoms with E-state index in [0.717, 1.165) is 67.2 Å². The molecule has 0 saturated carbocycles. The van der Waals surface area contributed by atoms with Crippen molar-refractivity contribution in [1.82, 2.24) is 25.6 Å². The van der Waals surface area contributed by atoms with Crippen LogP contribution < -0.4 is 10.6 Å². The molecular formula is C93H147N5O13S3Si2. The maximum Gasteiger partial charge on any atom is 0.309 e. The van der Waals surface area contributed by atoms with Crippen LogP contribution in [0.3, 0.4) is 0 Å². The Morgan fingerprint density at radius 2 is 0.819 bits per heavy atom. The summed E-state index contributed by atoms with van der Waals surface area (Å²) in [6.45, 7) is 61.5. The number of carbonyl (C=O) groups excluding carboxylic acids is 6. The summed E-state index contributed by atoms with van der Waals surface area (Å²) in [5, 5.41) is 59.1. The lowest BCUT2D eigenvalue weighted by Crippen LogP contribution is -2.53. The minimum absolute atomic E-state index is 0.000448. The second-order valence-electron chi connectivity index (χ2n) is 38.0. The van der Waals surface area contributed by atoms with E-state index in [0.29, 0.717) is 25.7 Å². The summed E-state index contributed by atoms with van der Waals surface area (Å²) in [5.41, 5.74) is 5.61. The Morgan fingerprint density at radius 3 is 1.20 bits per heavy atom. The monoisotopic (exact) mass is 1690 g/mol. The van der Waals surface area contributed by atoms with Gasteiger partial charge in [0.2, 0.25) is 11.8 Å². The number of hydrogen-bond acceptors (Lipinski definition) is 19. The fourth-order valence-electron chi connectivity index (χ4n) is 13.8. The number of nitrogens with one attached hydrogen (secondary N) is 2. The van der Waals surface area contributed by atoms with Gasteiger partial charge in [0.1, 0.15) is 23.5 Å². The lowest BCUT2D eigenvalue weighted by atomic mass is 9.73. The van der Waals surface area contributed by atoms with Gasteiger partial charge in [0.25, 0.3) is 0 Å². The molecule has 0 bridgehead atoms. The molecule has 116 heavy (non-hydrogen) atoms. The maximum atomic E-state index is 14.0. The van der Waals surface area contributed by atoms with E-state index in [9.17, 15) is 49.2 Å². The number of esters is 1. The van der Waals surface area contributed by atoms with Crippen LogP contribution in [0.4, 0.5) is 0 Å². The lowest BCUT2D eigenvalue weighted by molar-refractivity contribution is -0.154. The van der Waals surface area contributed by atoms with Crippen LogP contribution in [0.25, 0.3) is 18.2 Å². The molecule has 2 amide bonds. The quantitative estimate of drug-likeness (QED) is 0.0625. The number of thiazole rings is 3. The van der Waals surface area contributed by atoms with Gasteiger partial charge in [-0.3, -0.25) is 28.8 Å². The van der Waals surface area contributed by atoms with E-state index in [2.05, 4.69) is 144 Å². The van der Waals surface area contributed by atoms with Crippen molar-refractivity contribution >= 4 is 104 Å². The largest absolute Gasteiger partial charge is 0.457 e. The van der Waals surface area contributed by atoms with Gasteiger partial charge in [0.15, 0.2) is 16.6 Å². The van der Waals surface area contributed by atoms with Crippen molar-refractivity contribution in [3.63, 3.8) is 0 Å². The number of aliphatic hydroxyl groups excluding tert-OH is 4. The van der Waals surface area contributed by atoms with Crippen LogP contribution in [0.15, 0.2) is 104 Å². The molecule has 3 aliphatic heterocycles. The summed E-state index contributed by atoms with van der Waals surface area (Å²) in [6, 6.07) is -0.467. The highest BCUT2D eigenvalue weighted by molar-refractivity contribution is 7.10. The minimum atomic E-state index is -2.35. The number of ether oxygens (including phenoxy) is 1. The Morgan fingerprint density at radius 1 is 0.483 bits per heavy atom. The fourth-order valence-corrected chi connectivity index (χ4v) is 18.4. The molecule has 0 aromatic carbocycles. The second kappa shape index (κ2) is 44.1. The Kier molecular flexibility index (Phi) is 39.0. The molecule has 23 heteroatoms. The predicted molar refractivity (Wildman–Crippen MR) is 485 cm³/mol. The number of amides is 2. The number of carbonyl (C=O) groups is 6. The third kappa shape index (κ3) is 30.4. The number of allylic oxidation sites excluding steroid dienone is 6. The van der Waals surface area contributed by atoms with Gasteiger partial charge < -0.3 is 44.6 Å². The molecule has 3 aliphatic rings. The average Bonchev–Trinajstić information content (AvgIpc) is 0.993. The number of nitrogens with zero attached hydrogens (tertiary/aromatic N) is 3. The van der Waals surface area contributed by atoms with Crippen LogP contribution in [-0.4, -0.2) is 142 Å². The molecule has 0 fully saturated rings. The highest BCUT2D eigenvalue weighted by atomic mass is 32.1. The summed E-state index contributed by atoms with van der Waals surface area (Å²) in [7, 11) is -4.54. The minimum Gasteiger partial charge on any atom is -0.457 e. The zero-order valence-electron chi connectivity index (χ0n) is 76.2. The molecule has 3 aromatic rings. The van der Waals surface area contributed by atoms with Crippen LogP contribution in [0, 0.1) is 72.5 Å². The van der Waals surface area contributed by atoms with Crippen molar-refractivity contribution in [3.05, 3.63) is 136 Å². The first-order chi connectivity index (χ1) is 53.3. The maximum absolute atomic E-state index is 14.0. The zero-order valence-corrected chi connectivity index (χ0v) is 80.7. The number of aryl methyl sites for hydroxylation is 3. The van der Waals surface area contributed by atoms with Crippen LogP contribution >= 0.6 is 34.0 Å². The van der Waals surface area contributed by atoms with E-state index in [1.807, 2.05) is 142 Å². The van der Waals surface area contributed by atoms with E-state index >= 15 is 0 Å². The Hall–Kier alpha value is -5.84. The Bertz CT molecular complexity index is 4090. The van der Waals surface area contributed by atoms with Crippen molar-refractivity contribution in [1.29, 1.82) is 0 Å². The van der Waals surface area contributed by atoms with Crippen molar-refractivity contribution in [2.24, 2.45) is 51.8 Å². The molecule has 648 valence electrons. The number of rotatable bonds is 10. The number of hydrogen-bond donors (Lipinski definition) is 6. The molecular weight excluding hydrogens is 1550 g/mol. The van der Waals surface area contributed by atoms with Gasteiger partial charge in [-0.2, -0.15) is 0 Å². The highest BCUT2D eigenvalue weighted by Gasteiger charge is 2.50. The predicted octanol–water partition coefficient (Wildman–Crippen LogP) is 20.3. The van der Waals surface area contributed by atoms with E-state index in [1.165, 1.54) is 11.1 Å². The summed E-state index contributed by atoms with van der Waals surface area (Å²) >= 11 is 4.75. The number of aliphatic hydroxyl groups is 4. The Labute approximate surface area is 711 Å². The van der Waals surface area contributed by atoms with Crippen LogP contribution in [-0.2, 0) is 42.4 Å². The first-order valence-corrected chi connectivity index (χ1v) is 50.1. The third-order valence-corrected chi connectivity index (χ3v) is 36.0.